The molecule has 0 radical (unpaired) electrons. The highest BCUT2D eigenvalue weighted by Crippen LogP contribution is 2.45. The van der Waals surface area contributed by atoms with Gasteiger partial charge >= 0.3 is 0 Å². The largest absolute Gasteiger partial charge is 0.373 e. The fraction of sp³-hybridized carbons (Fsp3) is 0.133. The van der Waals surface area contributed by atoms with E-state index in [-0.39, 0.29) is 17.9 Å². The molecule has 2 N–H and O–H groups in total. The Morgan fingerprint density at radius 1 is 0.833 bits per heavy atom. The minimum atomic E-state index is -0.183. The topological polar surface area (TPSA) is 41.1 Å². The molecule has 3 nitrogen and oxygen atoms in total. The predicted molar refractivity (Wildman–Crippen MR) is 70.8 cm³/mol. The van der Waals surface area contributed by atoms with Crippen LogP contribution in [0.3, 0.4) is 0 Å². The van der Waals surface area contributed by atoms with Crippen molar-refractivity contribution in [3.8, 4) is 0 Å². The molecule has 2 aromatic rings. The summed E-state index contributed by atoms with van der Waals surface area (Å²) in [5.41, 5.74) is 4.41. The number of hydrogen-bond donors (Lipinski definition) is 2. The van der Waals surface area contributed by atoms with E-state index in [0.29, 0.717) is 0 Å². The van der Waals surface area contributed by atoms with Crippen LogP contribution in [-0.2, 0) is 4.79 Å². The first kappa shape index (κ1) is 9.71. The zero-order valence-corrected chi connectivity index (χ0v) is 9.68. The van der Waals surface area contributed by atoms with Crippen molar-refractivity contribution >= 4 is 17.3 Å². The van der Waals surface area contributed by atoms with Gasteiger partial charge in [0.15, 0.2) is 0 Å². The number of amides is 1. The molecule has 2 aliphatic rings. The highest BCUT2D eigenvalue weighted by molar-refractivity contribution is 6.03. The average Bonchev–Trinajstić information content (AvgIpc) is 2.79. The fourth-order valence-electron chi connectivity index (χ4n) is 2.99. The lowest BCUT2D eigenvalue weighted by Gasteiger charge is -2.28. The van der Waals surface area contributed by atoms with Crippen molar-refractivity contribution in [2.75, 3.05) is 10.6 Å². The van der Waals surface area contributed by atoms with Crippen molar-refractivity contribution in [3.05, 3.63) is 59.7 Å². The Morgan fingerprint density at radius 2 is 1.44 bits per heavy atom. The molecule has 0 bridgehead atoms. The molecule has 88 valence electrons. The van der Waals surface area contributed by atoms with E-state index in [0.717, 1.165) is 11.4 Å². The zero-order valence-electron chi connectivity index (χ0n) is 9.68. The molecule has 0 saturated carbocycles. The van der Waals surface area contributed by atoms with Gasteiger partial charge in [-0.25, -0.2) is 0 Å². The molecule has 0 aromatic heterocycles. The lowest BCUT2D eigenvalue weighted by molar-refractivity contribution is -0.117. The highest BCUT2D eigenvalue weighted by Gasteiger charge is 2.41. The number of nitrogens with one attached hydrogen (secondary N) is 2. The molecule has 0 unspecified atom stereocenters. The predicted octanol–water partition coefficient (Wildman–Crippen LogP) is 2.56. The lowest BCUT2D eigenvalue weighted by Crippen LogP contribution is -2.40. The maximum absolute atomic E-state index is 12.1. The van der Waals surface area contributed by atoms with Crippen LogP contribution in [0.4, 0.5) is 11.4 Å². The Labute approximate surface area is 105 Å². The second kappa shape index (κ2) is 3.35. The summed E-state index contributed by atoms with van der Waals surface area (Å²) >= 11 is 0. The Balaban J connectivity index is 1.96. The van der Waals surface area contributed by atoms with Gasteiger partial charge < -0.3 is 10.6 Å². The molecule has 0 spiro atoms. The van der Waals surface area contributed by atoms with Gasteiger partial charge in [0.1, 0.15) is 6.04 Å². The third kappa shape index (κ3) is 1.16. The Hall–Kier alpha value is -2.29. The summed E-state index contributed by atoms with van der Waals surface area (Å²) in [4.78, 5) is 12.1. The number of fused-ring (bicyclic) bond motifs is 5. The minimum absolute atomic E-state index is 0.0508. The number of anilines is 2. The highest BCUT2D eigenvalue weighted by atomic mass is 16.2. The summed E-state index contributed by atoms with van der Waals surface area (Å²) in [5.74, 6) is 0.182. The number of carbonyl (C=O) groups excluding carboxylic acids is 1. The molecule has 0 saturated heterocycles. The van der Waals surface area contributed by atoms with E-state index in [9.17, 15) is 4.79 Å². The molecule has 2 heterocycles. The molecule has 0 fully saturated rings. The summed E-state index contributed by atoms with van der Waals surface area (Å²) in [6.45, 7) is 0. The third-order valence-electron chi connectivity index (χ3n) is 3.78. The van der Waals surface area contributed by atoms with Crippen LogP contribution in [0.25, 0.3) is 0 Å². The van der Waals surface area contributed by atoms with Crippen molar-refractivity contribution in [1.29, 1.82) is 0 Å². The van der Waals surface area contributed by atoms with Crippen molar-refractivity contribution < 1.29 is 4.79 Å². The van der Waals surface area contributed by atoms with Crippen LogP contribution in [0.5, 0.6) is 0 Å². The molecule has 3 heteroatoms. The van der Waals surface area contributed by atoms with Gasteiger partial charge in [-0.2, -0.15) is 0 Å². The first-order valence-corrected chi connectivity index (χ1v) is 6.10. The molecular weight excluding hydrogens is 224 g/mol. The molecule has 4 rings (SSSR count). The fourth-order valence-corrected chi connectivity index (χ4v) is 2.99. The van der Waals surface area contributed by atoms with Crippen molar-refractivity contribution in [1.82, 2.24) is 0 Å². The van der Waals surface area contributed by atoms with Gasteiger partial charge in [-0.1, -0.05) is 36.4 Å². The average molecular weight is 236 g/mol. The van der Waals surface area contributed by atoms with Gasteiger partial charge in [0.25, 0.3) is 0 Å². The first-order chi connectivity index (χ1) is 8.84. The molecule has 0 aliphatic carbocycles. The van der Waals surface area contributed by atoms with Gasteiger partial charge in [-0.15, -0.1) is 0 Å². The van der Waals surface area contributed by atoms with E-state index < -0.39 is 0 Å². The van der Waals surface area contributed by atoms with Crippen molar-refractivity contribution in [2.24, 2.45) is 0 Å². The lowest BCUT2D eigenvalue weighted by atomic mass is 9.84. The molecule has 2 aliphatic heterocycles. The van der Waals surface area contributed by atoms with Gasteiger partial charge in [0.2, 0.25) is 5.91 Å². The van der Waals surface area contributed by atoms with Crippen LogP contribution in [0.1, 0.15) is 17.0 Å². The van der Waals surface area contributed by atoms with E-state index >= 15 is 0 Å². The maximum Gasteiger partial charge on any atom is 0.247 e. The summed E-state index contributed by atoms with van der Waals surface area (Å²) in [6.07, 6.45) is 0. The summed E-state index contributed by atoms with van der Waals surface area (Å²) < 4.78 is 0. The Bertz CT molecular complexity index is 650. The van der Waals surface area contributed by atoms with Crippen LogP contribution in [-0.4, -0.2) is 11.9 Å². The van der Waals surface area contributed by atoms with Crippen LogP contribution in [0.2, 0.25) is 0 Å². The normalized spacial score (nSPS) is 23.4. The van der Waals surface area contributed by atoms with Crippen molar-refractivity contribution in [2.45, 2.75) is 12.0 Å². The first-order valence-electron chi connectivity index (χ1n) is 6.10. The van der Waals surface area contributed by atoms with E-state index in [4.69, 9.17) is 0 Å². The maximum atomic E-state index is 12.1. The molecule has 2 aromatic carbocycles. The number of rotatable bonds is 0. The number of hydrogen-bond acceptors (Lipinski definition) is 2. The molecule has 18 heavy (non-hydrogen) atoms. The zero-order chi connectivity index (χ0) is 12.1. The van der Waals surface area contributed by atoms with Gasteiger partial charge in [-0.05, 0) is 23.3 Å². The van der Waals surface area contributed by atoms with E-state index in [1.165, 1.54) is 11.1 Å². The summed E-state index contributed by atoms with van der Waals surface area (Å²) in [6, 6.07) is 16.0. The number of para-hydroxylation sites is 2. The third-order valence-corrected chi connectivity index (χ3v) is 3.78. The Morgan fingerprint density at radius 3 is 2.22 bits per heavy atom. The van der Waals surface area contributed by atoms with Crippen LogP contribution in [0, 0.1) is 0 Å². The molecule has 2 atom stereocenters. The quantitative estimate of drug-likeness (QED) is 0.738. The van der Waals surface area contributed by atoms with Crippen LogP contribution in [0.15, 0.2) is 48.5 Å². The van der Waals surface area contributed by atoms with Crippen molar-refractivity contribution in [3.63, 3.8) is 0 Å². The summed E-state index contributed by atoms with van der Waals surface area (Å²) in [5, 5.41) is 6.28. The van der Waals surface area contributed by atoms with Crippen LogP contribution >= 0.6 is 0 Å². The minimum Gasteiger partial charge on any atom is -0.373 e. The van der Waals surface area contributed by atoms with E-state index in [2.05, 4.69) is 22.8 Å². The molecular formula is C15H12N2O. The number of benzene rings is 2. The molecule has 1 amide bonds. The standard InChI is InChI=1S/C15H12N2O/c18-15-14-13(9-5-1-3-7-11(9)16-14)10-6-2-4-8-12(10)17-15/h1-8,13-14,16H,(H,17,18)/t13-,14+/m0/s1. The smallest absolute Gasteiger partial charge is 0.247 e. The van der Waals surface area contributed by atoms with E-state index in [1.54, 1.807) is 0 Å². The van der Waals surface area contributed by atoms with Gasteiger partial charge in [-0.3, -0.25) is 4.79 Å². The second-order valence-electron chi connectivity index (χ2n) is 4.76. The van der Waals surface area contributed by atoms with Crippen LogP contribution < -0.4 is 10.6 Å². The monoisotopic (exact) mass is 236 g/mol. The SMILES string of the molecule is O=C1Nc2ccccc2[C@@H]2c3ccccc3N[C@@H]12. The Kier molecular flexibility index (Phi) is 1.81. The summed E-state index contributed by atoms with van der Waals surface area (Å²) in [7, 11) is 0. The van der Waals surface area contributed by atoms with Gasteiger partial charge in [0, 0.05) is 17.3 Å². The van der Waals surface area contributed by atoms with Gasteiger partial charge in [0.05, 0.1) is 0 Å². The second-order valence-corrected chi connectivity index (χ2v) is 4.76. The number of carbonyl (C=O) groups is 1. The van der Waals surface area contributed by atoms with E-state index in [1.807, 2.05) is 36.4 Å².